The van der Waals surface area contributed by atoms with Gasteiger partial charge in [-0.05, 0) is 0 Å². The number of carbonyl (C=O) groups is 3. The molecule has 0 spiro atoms. The third-order valence-electron chi connectivity index (χ3n) is 2.66. The summed E-state index contributed by atoms with van der Waals surface area (Å²) in [5.74, 6) is -1.24. The lowest BCUT2D eigenvalue weighted by atomic mass is 9.97. The zero-order valence-corrected chi connectivity index (χ0v) is 16.4. The van der Waals surface area contributed by atoms with E-state index in [4.69, 9.17) is 74.7 Å². The number of rotatable bonds is 1. The molecule has 1 saturated heterocycles. The smallest absolute Gasteiger partial charge is 0.327 e. The molecule has 0 aromatic rings. The molecule has 3 N–H and O–H groups in total. The van der Waals surface area contributed by atoms with Crippen molar-refractivity contribution in [3.05, 3.63) is 12.7 Å². The van der Waals surface area contributed by atoms with E-state index < -0.39 is 44.3 Å². The highest BCUT2D eigenvalue weighted by molar-refractivity contribution is 6.45. The number of hydrogen-bond donors (Lipinski definition) is 3. The number of nitrogens with one attached hydrogen (secondary N) is 2. The van der Waals surface area contributed by atoms with Gasteiger partial charge in [-0.2, -0.15) is 0 Å². The van der Waals surface area contributed by atoms with Crippen LogP contribution in [-0.4, -0.2) is 61.8 Å². The number of imide groups is 1. The van der Waals surface area contributed by atoms with E-state index in [9.17, 15) is 14.4 Å². The molecule has 0 bridgehead atoms. The van der Waals surface area contributed by atoms with Gasteiger partial charge in [-0.3, -0.25) is 10.1 Å². The maximum absolute atomic E-state index is 10.1. The van der Waals surface area contributed by atoms with Crippen LogP contribution in [0.3, 0.4) is 0 Å². The Balaban J connectivity index is 0.000000373. The van der Waals surface area contributed by atoms with Gasteiger partial charge in [-0.15, -0.1) is 69.6 Å². The molecule has 12 heteroatoms. The molecule has 0 aromatic carbocycles. The van der Waals surface area contributed by atoms with Crippen molar-refractivity contribution in [2.75, 3.05) is 6.54 Å². The Morgan fingerprint density at radius 2 is 1.25 bits per heavy atom. The van der Waals surface area contributed by atoms with Gasteiger partial charge in [0.2, 0.25) is 5.91 Å². The zero-order chi connectivity index (χ0) is 19.0. The van der Waals surface area contributed by atoms with E-state index in [0.717, 1.165) is 6.08 Å². The number of carboxylic acids is 1. The van der Waals surface area contributed by atoms with Crippen LogP contribution >= 0.6 is 69.6 Å². The number of alkyl halides is 6. The van der Waals surface area contributed by atoms with Gasteiger partial charge in [-0.1, -0.05) is 6.58 Å². The fourth-order valence-electron chi connectivity index (χ4n) is 1.43. The molecule has 1 aliphatic carbocycles. The topological polar surface area (TPSA) is 95.5 Å². The summed E-state index contributed by atoms with van der Waals surface area (Å²) in [5.41, 5.74) is 0. The molecule has 3 amide bonds. The number of hydrogen-bond acceptors (Lipinski definition) is 3. The Morgan fingerprint density at radius 3 is 1.33 bits per heavy atom. The van der Waals surface area contributed by atoms with Crippen LogP contribution in [0.4, 0.5) is 4.79 Å². The number of amides is 3. The largest absolute Gasteiger partial charge is 0.478 e. The third-order valence-corrected chi connectivity index (χ3v) is 6.69. The fraction of sp³-hybridized carbons (Fsp3) is 0.583. The standard InChI is InChI=1S/C6H6Cl6.C3H4N2O2.C3H4O2/c7-1-2(8)4(10)6(12)5(11)3(1)9;6-2-1-4-3(7)5-2;1-2-3(4)5/h1-6H;1H2,(H2,4,5,6,7);2H,1H2,(H,4,5). The molecule has 0 radical (unpaired) electrons. The van der Waals surface area contributed by atoms with Crippen LogP contribution in [0.25, 0.3) is 0 Å². The van der Waals surface area contributed by atoms with E-state index in [1.165, 1.54) is 0 Å². The highest BCUT2D eigenvalue weighted by Crippen LogP contribution is 2.39. The first-order valence-electron chi connectivity index (χ1n) is 6.30. The second-order valence-corrected chi connectivity index (χ2v) is 7.46. The normalized spacial score (nSPS) is 34.6. The average Bonchev–Trinajstić information content (AvgIpc) is 2.93. The minimum atomic E-state index is -0.981. The number of carbonyl (C=O) groups excluding carboxylic acids is 2. The lowest BCUT2D eigenvalue weighted by molar-refractivity contribution is -0.131. The van der Waals surface area contributed by atoms with Crippen molar-refractivity contribution in [2.24, 2.45) is 0 Å². The molecule has 2 fully saturated rings. The van der Waals surface area contributed by atoms with Crippen LogP contribution in [0.5, 0.6) is 0 Å². The minimum absolute atomic E-state index is 0.124. The first-order chi connectivity index (χ1) is 11.0. The summed E-state index contributed by atoms with van der Waals surface area (Å²) in [6, 6.07) is -0.398. The van der Waals surface area contributed by atoms with Gasteiger partial charge in [0, 0.05) is 6.08 Å². The summed E-state index contributed by atoms with van der Waals surface area (Å²) in [5, 5.41) is 9.28. The quantitative estimate of drug-likeness (QED) is 0.317. The number of carboxylic acid groups (broad SMARTS) is 1. The molecule has 2 rings (SSSR count). The highest BCUT2D eigenvalue weighted by Gasteiger charge is 2.46. The van der Waals surface area contributed by atoms with Crippen molar-refractivity contribution in [3.8, 4) is 0 Å². The molecule has 0 aromatic heterocycles. The summed E-state index contributed by atoms with van der Waals surface area (Å²) >= 11 is 35.3. The zero-order valence-electron chi connectivity index (χ0n) is 11.9. The predicted molar refractivity (Wildman–Crippen MR) is 97.2 cm³/mol. The Bertz CT molecular complexity index is 408. The summed E-state index contributed by atoms with van der Waals surface area (Å²) in [4.78, 5) is 29.3. The first-order valence-corrected chi connectivity index (χ1v) is 8.92. The lowest BCUT2D eigenvalue weighted by Crippen LogP contribution is -2.52. The third kappa shape index (κ3) is 7.85. The Kier molecular flexibility index (Phi) is 11.4. The summed E-state index contributed by atoms with van der Waals surface area (Å²) < 4.78 is 0. The number of urea groups is 1. The van der Waals surface area contributed by atoms with E-state index in [1.54, 1.807) is 0 Å². The molecule has 1 saturated carbocycles. The first kappa shape index (κ1) is 23.9. The van der Waals surface area contributed by atoms with Crippen LogP contribution in [0, 0.1) is 0 Å². The van der Waals surface area contributed by atoms with Crippen molar-refractivity contribution in [1.29, 1.82) is 0 Å². The fourth-order valence-corrected chi connectivity index (χ4v) is 3.76. The Morgan fingerprint density at radius 1 is 0.958 bits per heavy atom. The predicted octanol–water partition coefficient (Wildman–Crippen LogP) is 2.73. The molecule has 138 valence electrons. The molecule has 24 heavy (non-hydrogen) atoms. The van der Waals surface area contributed by atoms with Crippen LogP contribution in [-0.2, 0) is 9.59 Å². The van der Waals surface area contributed by atoms with Crippen LogP contribution < -0.4 is 10.6 Å². The molecule has 6 nitrogen and oxygen atoms in total. The summed E-state index contributed by atoms with van der Waals surface area (Å²) in [6.07, 6.45) is 0.833. The van der Waals surface area contributed by atoms with Crippen molar-refractivity contribution in [1.82, 2.24) is 10.6 Å². The van der Waals surface area contributed by atoms with Crippen molar-refractivity contribution in [2.45, 2.75) is 32.3 Å². The van der Waals surface area contributed by atoms with Crippen LogP contribution in [0.15, 0.2) is 12.7 Å². The number of halogens is 6. The SMILES string of the molecule is C=CC(=O)O.ClC1C(Cl)C(Cl)C(Cl)C(Cl)C1Cl.O=C1CNC(=O)N1. The van der Waals surface area contributed by atoms with Gasteiger partial charge >= 0.3 is 12.0 Å². The van der Waals surface area contributed by atoms with Crippen molar-refractivity contribution >= 4 is 87.5 Å². The van der Waals surface area contributed by atoms with E-state index in [2.05, 4.69) is 11.9 Å². The van der Waals surface area contributed by atoms with Gasteiger partial charge in [-0.25, -0.2) is 9.59 Å². The van der Waals surface area contributed by atoms with Gasteiger partial charge in [0.25, 0.3) is 0 Å². The maximum Gasteiger partial charge on any atom is 0.327 e. The maximum atomic E-state index is 10.1. The second-order valence-electron chi connectivity index (χ2n) is 4.44. The molecule has 0 unspecified atom stereocenters. The van der Waals surface area contributed by atoms with E-state index in [0.29, 0.717) is 0 Å². The monoisotopic (exact) mass is 460 g/mol. The summed E-state index contributed by atoms with van der Waals surface area (Å²) in [7, 11) is 0. The summed E-state index contributed by atoms with van der Waals surface area (Å²) in [6.45, 7) is 3.08. The molecule has 2 aliphatic rings. The molecule has 0 atom stereocenters. The molecular weight excluding hydrogens is 449 g/mol. The lowest BCUT2D eigenvalue weighted by Gasteiger charge is -2.37. The van der Waals surface area contributed by atoms with E-state index >= 15 is 0 Å². The van der Waals surface area contributed by atoms with E-state index in [1.807, 2.05) is 5.32 Å². The average molecular weight is 463 g/mol. The van der Waals surface area contributed by atoms with Gasteiger partial charge in [0.1, 0.15) is 0 Å². The molecule has 1 heterocycles. The second kappa shape index (κ2) is 11.5. The Labute approximate surface area is 168 Å². The van der Waals surface area contributed by atoms with Crippen LogP contribution in [0.2, 0.25) is 0 Å². The van der Waals surface area contributed by atoms with Gasteiger partial charge < -0.3 is 10.4 Å². The van der Waals surface area contributed by atoms with Gasteiger partial charge in [0.05, 0.1) is 38.8 Å². The van der Waals surface area contributed by atoms with Crippen molar-refractivity contribution < 1.29 is 19.5 Å². The highest BCUT2D eigenvalue weighted by atomic mass is 35.5. The molecular formula is C12H14Cl6N2O4. The van der Waals surface area contributed by atoms with Crippen LogP contribution in [0.1, 0.15) is 0 Å². The van der Waals surface area contributed by atoms with Gasteiger partial charge in [0.15, 0.2) is 0 Å². The Hall–Kier alpha value is -0.110. The molecule has 1 aliphatic heterocycles. The number of aliphatic carboxylic acids is 1. The minimum Gasteiger partial charge on any atom is -0.478 e. The van der Waals surface area contributed by atoms with Crippen molar-refractivity contribution in [3.63, 3.8) is 0 Å². The van der Waals surface area contributed by atoms with E-state index in [-0.39, 0.29) is 12.5 Å².